The second-order valence-electron chi connectivity index (χ2n) is 7.00. The van der Waals surface area contributed by atoms with E-state index in [1.54, 1.807) is 7.11 Å². The van der Waals surface area contributed by atoms with Crippen LogP contribution < -0.4 is 9.64 Å². The van der Waals surface area contributed by atoms with Gasteiger partial charge in [-0.15, -0.1) is 0 Å². The first-order chi connectivity index (χ1) is 11.8. The molecule has 0 aromatic heterocycles. The molecule has 1 heterocycles. The number of ether oxygens (including phenoxy) is 1. The summed E-state index contributed by atoms with van der Waals surface area (Å²) in [6.07, 6.45) is 1.36. The van der Waals surface area contributed by atoms with E-state index in [2.05, 4.69) is 64.4 Å². The molecule has 126 valence electrons. The van der Waals surface area contributed by atoms with Crippen LogP contribution in [0.4, 0.5) is 5.69 Å². The van der Waals surface area contributed by atoms with Crippen molar-refractivity contribution < 1.29 is 4.74 Å². The molecule has 0 radical (unpaired) electrons. The number of benzene rings is 2. The van der Waals surface area contributed by atoms with E-state index in [0.29, 0.717) is 0 Å². The SMILES string of the molecule is COc1ccc(N2CCN(C[C@H]3C[C@@H]3c3ccccc3)CC2)cc1. The fourth-order valence-corrected chi connectivity index (χ4v) is 3.87. The average molecular weight is 322 g/mol. The van der Waals surface area contributed by atoms with E-state index < -0.39 is 0 Å². The Morgan fingerprint density at radius 3 is 2.29 bits per heavy atom. The van der Waals surface area contributed by atoms with Crippen molar-refractivity contribution in [2.75, 3.05) is 44.7 Å². The number of hydrogen-bond donors (Lipinski definition) is 0. The van der Waals surface area contributed by atoms with Crippen molar-refractivity contribution in [2.45, 2.75) is 12.3 Å². The normalized spacial score (nSPS) is 24.0. The van der Waals surface area contributed by atoms with Gasteiger partial charge < -0.3 is 9.64 Å². The molecule has 2 aliphatic rings. The van der Waals surface area contributed by atoms with Gasteiger partial charge in [-0.1, -0.05) is 30.3 Å². The van der Waals surface area contributed by atoms with Gasteiger partial charge in [0.25, 0.3) is 0 Å². The van der Waals surface area contributed by atoms with Gasteiger partial charge in [-0.25, -0.2) is 0 Å². The van der Waals surface area contributed by atoms with Crippen LogP contribution in [0.15, 0.2) is 54.6 Å². The number of rotatable bonds is 5. The predicted molar refractivity (Wildman–Crippen MR) is 98.9 cm³/mol. The smallest absolute Gasteiger partial charge is 0.119 e. The molecule has 2 atom stereocenters. The highest BCUT2D eigenvalue weighted by Gasteiger charge is 2.39. The zero-order valence-corrected chi connectivity index (χ0v) is 14.4. The quantitative estimate of drug-likeness (QED) is 0.836. The van der Waals surface area contributed by atoms with Crippen LogP contribution in [0.25, 0.3) is 0 Å². The molecule has 3 nitrogen and oxygen atoms in total. The summed E-state index contributed by atoms with van der Waals surface area (Å²) in [7, 11) is 1.72. The molecule has 2 aromatic carbocycles. The summed E-state index contributed by atoms with van der Waals surface area (Å²) in [5, 5.41) is 0. The molecule has 0 unspecified atom stereocenters. The number of piperazine rings is 1. The van der Waals surface area contributed by atoms with Gasteiger partial charge in [-0.05, 0) is 48.1 Å². The number of anilines is 1. The Hall–Kier alpha value is -2.00. The third kappa shape index (κ3) is 3.41. The lowest BCUT2D eigenvalue weighted by molar-refractivity contribution is 0.246. The van der Waals surface area contributed by atoms with E-state index in [4.69, 9.17) is 4.74 Å². The van der Waals surface area contributed by atoms with Crippen molar-refractivity contribution in [3.8, 4) is 5.75 Å². The van der Waals surface area contributed by atoms with Crippen LogP contribution in [-0.2, 0) is 0 Å². The van der Waals surface area contributed by atoms with Crippen LogP contribution in [0, 0.1) is 5.92 Å². The molecule has 1 aliphatic carbocycles. The Morgan fingerprint density at radius 1 is 0.917 bits per heavy atom. The lowest BCUT2D eigenvalue weighted by atomic mass is 10.1. The molecule has 3 heteroatoms. The van der Waals surface area contributed by atoms with E-state index in [-0.39, 0.29) is 0 Å². The molecule has 0 N–H and O–H groups in total. The Labute approximate surface area is 144 Å². The minimum Gasteiger partial charge on any atom is -0.497 e. The second-order valence-corrected chi connectivity index (χ2v) is 7.00. The van der Waals surface area contributed by atoms with Gasteiger partial charge in [0.1, 0.15) is 5.75 Å². The standard InChI is InChI=1S/C21H26N2O/c1-24-20-9-7-19(8-10-20)23-13-11-22(12-14-23)16-18-15-21(18)17-5-3-2-4-6-17/h2-10,18,21H,11-16H2,1H3/t18-,21-/m1/s1. The highest BCUT2D eigenvalue weighted by molar-refractivity contribution is 5.49. The first-order valence-electron chi connectivity index (χ1n) is 9.00. The zero-order valence-electron chi connectivity index (χ0n) is 14.4. The Kier molecular flexibility index (Phi) is 4.44. The van der Waals surface area contributed by atoms with Gasteiger partial charge in [0.15, 0.2) is 0 Å². The minimum absolute atomic E-state index is 0.797. The highest BCUT2D eigenvalue weighted by atomic mass is 16.5. The maximum Gasteiger partial charge on any atom is 0.119 e. The van der Waals surface area contributed by atoms with Crippen LogP contribution in [0.1, 0.15) is 17.9 Å². The summed E-state index contributed by atoms with van der Waals surface area (Å²) >= 11 is 0. The van der Waals surface area contributed by atoms with Gasteiger partial charge in [-0.3, -0.25) is 4.90 Å². The van der Waals surface area contributed by atoms with Crippen molar-refractivity contribution in [3.63, 3.8) is 0 Å². The van der Waals surface area contributed by atoms with Gasteiger partial charge in [-0.2, -0.15) is 0 Å². The van der Waals surface area contributed by atoms with Gasteiger partial charge in [0.2, 0.25) is 0 Å². The van der Waals surface area contributed by atoms with Crippen LogP contribution in [0.2, 0.25) is 0 Å². The number of methoxy groups -OCH3 is 1. The third-order valence-electron chi connectivity index (χ3n) is 5.45. The Morgan fingerprint density at radius 2 is 1.62 bits per heavy atom. The summed E-state index contributed by atoms with van der Waals surface area (Å²) in [4.78, 5) is 5.13. The lowest BCUT2D eigenvalue weighted by Gasteiger charge is -2.36. The topological polar surface area (TPSA) is 15.7 Å². The number of nitrogens with zero attached hydrogens (tertiary/aromatic N) is 2. The predicted octanol–water partition coefficient (Wildman–Crippen LogP) is 3.62. The first-order valence-corrected chi connectivity index (χ1v) is 9.00. The molecule has 0 bridgehead atoms. The van der Waals surface area contributed by atoms with Crippen LogP contribution in [0.3, 0.4) is 0 Å². The maximum atomic E-state index is 5.24. The summed E-state index contributed by atoms with van der Waals surface area (Å²) in [5.41, 5.74) is 2.84. The van der Waals surface area contributed by atoms with E-state index in [9.17, 15) is 0 Å². The summed E-state index contributed by atoms with van der Waals surface area (Å²) < 4.78 is 5.24. The zero-order chi connectivity index (χ0) is 16.4. The molecule has 1 saturated carbocycles. The van der Waals surface area contributed by atoms with E-state index in [1.165, 1.54) is 37.3 Å². The Balaban J connectivity index is 1.26. The molecule has 4 rings (SSSR count). The number of hydrogen-bond acceptors (Lipinski definition) is 3. The second kappa shape index (κ2) is 6.86. The molecular weight excluding hydrogens is 296 g/mol. The first kappa shape index (κ1) is 15.5. The summed E-state index contributed by atoms with van der Waals surface area (Å²) in [6.45, 7) is 5.84. The molecule has 1 saturated heterocycles. The van der Waals surface area contributed by atoms with E-state index in [0.717, 1.165) is 30.7 Å². The highest BCUT2D eigenvalue weighted by Crippen LogP contribution is 2.47. The molecule has 0 amide bonds. The van der Waals surface area contributed by atoms with Crippen LogP contribution in [0.5, 0.6) is 5.75 Å². The van der Waals surface area contributed by atoms with Crippen LogP contribution in [-0.4, -0.2) is 44.7 Å². The molecule has 24 heavy (non-hydrogen) atoms. The van der Waals surface area contributed by atoms with Crippen molar-refractivity contribution in [2.24, 2.45) is 5.92 Å². The molecule has 2 fully saturated rings. The van der Waals surface area contributed by atoms with Crippen molar-refractivity contribution in [3.05, 3.63) is 60.2 Å². The van der Waals surface area contributed by atoms with Gasteiger partial charge in [0, 0.05) is 38.4 Å². The lowest BCUT2D eigenvalue weighted by Crippen LogP contribution is -2.47. The maximum absolute atomic E-state index is 5.24. The van der Waals surface area contributed by atoms with Crippen molar-refractivity contribution in [1.82, 2.24) is 4.90 Å². The monoisotopic (exact) mass is 322 g/mol. The Bertz CT molecular complexity index is 647. The van der Waals surface area contributed by atoms with Crippen molar-refractivity contribution in [1.29, 1.82) is 0 Å². The third-order valence-corrected chi connectivity index (χ3v) is 5.45. The summed E-state index contributed by atoms with van der Waals surface area (Å²) in [5.74, 6) is 2.59. The van der Waals surface area contributed by atoms with Crippen LogP contribution >= 0.6 is 0 Å². The molecular formula is C21H26N2O. The van der Waals surface area contributed by atoms with E-state index >= 15 is 0 Å². The molecule has 0 spiro atoms. The summed E-state index contributed by atoms with van der Waals surface area (Å²) in [6, 6.07) is 19.4. The van der Waals surface area contributed by atoms with Crippen molar-refractivity contribution >= 4 is 5.69 Å². The molecule has 2 aromatic rings. The van der Waals surface area contributed by atoms with Gasteiger partial charge in [0.05, 0.1) is 7.11 Å². The fourth-order valence-electron chi connectivity index (χ4n) is 3.87. The van der Waals surface area contributed by atoms with E-state index in [1.807, 2.05) is 0 Å². The average Bonchev–Trinajstić information content (AvgIpc) is 3.42. The van der Waals surface area contributed by atoms with Gasteiger partial charge >= 0.3 is 0 Å². The fraction of sp³-hybridized carbons (Fsp3) is 0.429. The molecule has 1 aliphatic heterocycles. The largest absolute Gasteiger partial charge is 0.497 e. The minimum atomic E-state index is 0.797.